The number of aromatic hydroxyl groups is 1. The first kappa shape index (κ1) is 15.2. The fourth-order valence-electron chi connectivity index (χ4n) is 2.67. The minimum atomic E-state index is -0.813. The van der Waals surface area contributed by atoms with Crippen molar-refractivity contribution in [1.29, 1.82) is 0 Å². The third kappa shape index (κ3) is 3.39. The van der Waals surface area contributed by atoms with Gasteiger partial charge in [0, 0.05) is 13.1 Å². The van der Waals surface area contributed by atoms with E-state index in [-0.39, 0.29) is 5.56 Å². The van der Waals surface area contributed by atoms with Crippen molar-refractivity contribution in [3.05, 3.63) is 53.1 Å². The number of carbonyl (C=O) groups is 1. The number of phenols is 1. The average molecular weight is 312 g/mol. The molecule has 1 aliphatic rings. The fraction of sp³-hybridized carbons (Fsp3) is 0.222. The number of aromatic nitrogens is 1. The van der Waals surface area contributed by atoms with Gasteiger partial charge in [-0.3, -0.25) is 9.78 Å². The monoisotopic (exact) mass is 312 g/mol. The number of hydrogen-bond donors (Lipinski definition) is 1. The van der Waals surface area contributed by atoms with Crippen molar-refractivity contribution < 1.29 is 14.3 Å². The van der Waals surface area contributed by atoms with E-state index in [4.69, 9.17) is 0 Å². The maximum absolute atomic E-state index is 13.5. The summed E-state index contributed by atoms with van der Waals surface area (Å²) in [5.41, 5.74) is 2.28. The zero-order valence-corrected chi connectivity index (χ0v) is 12.6. The highest BCUT2D eigenvalue weighted by Gasteiger charge is 2.12. The Balaban J connectivity index is 1.77. The van der Waals surface area contributed by atoms with Gasteiger partial charge in [0.2, 0.25) is 0 Å². The van der Waals surface area contributed by atoms with Crippen LogP contribution in [0.3, 0.4) is 0 Å². The largest absolute Gasteiger partial charge is 0.504 e. The molecule has 1 aliphatic heterocycles. The Bertz CT molecular complexity index is 735. The molecule has 1 aromatic heterocycles. The Kier molecular flexibility index (Phi) is 4.37. The second-order valence-electron chi connectivity index (χ2n) is 5.53. The second kappa shape index (κ2) is 6.60. The molecule has 1 N–H and O–H groups in total. The highest BCUT2D eigenvalue weighted by molar-refractivity contribution is 5.82. The van der Waals surface area contributed by atoms with Crippen LogP contribution in [0.25, 0.3) is 12.2 Å². The van der Waals surface area contributed by atoms with Gasteiger partial charge in [0.15, 0.2) is 17.9 Å². The van der Waals surface area contributed by atoms with E-state index in [0.29, 0.717) is 11.8 Å². The number of phenolic OH excluding ortho intramolecular Hbond substituents is 1. The lowest BCUT2D eigenvalue weighted by molar-refractivity contribution is 0.112. The molecular weight excluding hydrogens is 295 g/mol. The quantitative estimate of drug-likeness (QED) is 0.878. The third-order valence-corrected chi connectivity index (χ3v) is 3.93. The highest BCUT2D eigenvalue weighted by Crippen LogP contribution is 2.23. The summed E-state index contributed by atoms with van der Waals surface area (Å²) in [7, 11) is 0. The van der Waals surface area contributed by atoms with Crippen LogP contribution in [-0.2, 0) is 0 Å². The lowest BCUT2D eigenvalue weighted by Gasteiger charge is -2.16. The number of aldehydes is 1. The van der Waals surface area contributed by atoms with Gasteiger partial charge >= 0.3 is 0 Å². The van der Waals surface area contributed by atoms with Gasteiger partial charge in [-0.2, -0.15) is 0 Å². The van der Waals surface area contributed by atoms with Crippen LogP contribution >= 0.6 is 0 Å². The van der Waals surface area contributed by atoms with Gasteiger partial charge in [-0.05, 0) is 48.7 Å². The Morgan fingerprint density at radius 2 is 1.96 bits per heavy atom. The zero-order chi connectivity index (χ0) is 16.2. The van der Waals surface area contributed by atoms with E-state index in [2.05, 4.69) is 9.88 Å². The normalized spacial score (nSPS) is 14.6. The fourth-order valence-corrected chi connectivity index (χ4v) is 2.67. The number of carbonyl (C=O) groups excluding carboxylic acids is 1. The van der Waals surface area contributed by atoms with Gasteiger partial charge in [0.1, 0.15) is 0 Å². The first-order chi connectivity index (χ1) is 11.2. The second-order valence-corrected chi connectivity index (χ2v) is 5.53. The number of benzene rings is 1. The minimum Gasteiger partial charge on any atom is -0.504 e. The molecule has 4 nitrogen and oxygen atoms in total. The standard InChI is InChI=1S/C18H17FN2O2/c19-17-10-13(9-14(12-22)18(17)23)3-4-15-5-6-16(11-20-15)21-7-1-2-8-21/h3-6,9-12,23H,1-2,7-8H2/b4-3+. The lowest BCUT2D eigenvalue weighted by atomic mass is 10.1. The first-order valence-corrected chi connectivity index (χ1v) is 7.54. The van der Waals surface area contributed by atoms with Crippen LogP contribution in [0.5, 0.6) is 5.75 Å². The third-order valence-electron chi connectivity index (χ3n) is 3.93. The topological polar surface area (TPSA) is 53.4 Å². The Hall–Kier alpha value is -2.69. The number of hydrogen-bond acceptors (Lipinski definition) is 4. The molecule has 0 unspecified atom stereocenters. The molecule has 0 bridgehead atoms. The van der Waals surface area contributed by atoms with Gasteiger partial charge in [-0.1, -0.05) is 6.08 Å². The number of nitrogens with zero attached hydrogens (tertiary/aromatic N) is 2. The van der Waals surface area contributed by atoms with Crippen LogP contribution in [-0.4, -0.2) is 29.5 Å². The van der Waals surface area contributed by atoms with Crippen molar-refractivity contribution >= 4 is 24.1 Å². The van der Waals surface area contributed by atoms with Crippen molar-refractivity contribution in [3.63, 3.8) is 0 Å². The summed E-state index contributed by atoms with van der Waals surface area (Å²) in [4.78, 5) is 17.5. The van der Waals surface area contributed by atoms with Crippen LogP contribution in [0.4, 0.5) is 10.1 Å². The summed E-state index contributed by atoms with van der Waals surface area (Å²) < 4.78 is 13.5. The van der Waals surface area contributed by atoms with Gasteiger partial charge in [0.05, 0.1) is 23.1 Å². The molecule has 2 aromatic rings. The van der Waals surface area contributed by atoms with Crippen LogP contribution in [0.2, 0.25) is 0 Å². The molecule has 1 fully saturated rings. The molecule has 118 valence electrons. The predicted molar refractivity (Wildman–Crippen MR) is 88.1 cm³/mol. The van der Waals surface area contributed by atoms with E-state index < -0.39 is 11.6 Å². The molecule has 0 aliphatic carbocycles. The van der Waals surface area contributed by atoms with Crippen molar-refractivity contribution in [1.82, 2.24) is 4.98 Å². The van der Waals surface area contributed by atoms with Gasteiger partial charge < -0.3 is 10.0 Å². The molecular formula is C18H17FN2O2. The first-order valence-electron chi connectivity index (χ1n) is 7.54. The SMILES string of the molecule is O=Cc1cc(/C=C/c2ccc(N3CCCC3)cn2)cc(F)c1O. The average Bonchev–Trinajstić information content (AvgIpc) is 3.11. The van der Waals surface area contributed by atoms with Crippen LogP contribution in [0.15, 0.2) is 30.5 Å². The lowest BCUT2D eigenvalue weighted by Crippen LogP contribution is -2.17. The molecule has 0 amide bonds. The van der Waals surface area contributed by atoms with Gasteiger partial charge in [0.25, 0.3) is 0 Å². The molecule has 0 atom stereocenters. The van der Waals surface area contributed by atoms with E-state index >= 15 is 0 Å². The Labute approximate surface area is 133 Å². The molecule has 23 heavy (non-hydrogen) atoms. The molecule has 1 saturated heterocycles. The number of halogens is 1. The Morgan fingerprint density at radius 3 is 2.61 bits per heavy atom. The van der Waals surface area contributed by atoms with Crippen LogP contribution in [0.1, 0.15) is 34.5 Å². The predicted octanol–water partition coefficient (Wildman–Crippen LogP) is 3.51. The summed E-state index contributed by atoms with van der Waals surface area (Å²) in [5.74, 6) is -1.43. The van der Waals surface area contributed by atoms with Crippen molar-refractivity contribution in [2.24, 2.45) is 0 Å². The molecule has 0 saturated carbocycles. The van der Waals surface area contributed by atoms with E-state index in [1.165, 1.54) is 25.0 Å². The van der Waals surface area contributed by atoms with E-state index in [1.807, 2.05) is 18.3 Å². The zero-order valence-electron chi connectivity index (χ0n) is 12.6. The van der Waals surface area contributed by atoms with Crippen molar-refractivity contribution in [2.45, 2.75) is 12.8 Å². The molecule has 5 heteroatoms. The van der Waals surface area contributed by atoms with Gasteiger partial charge in [-0.15, -0.1) is 0 Å². The molecule has 0 radical (unpaired) electrons. The minimum absolute atomic E-state index is 0.0676. The van der Waals surface area contributed by atoms with Crippen LogP contribution in [0, 0.1) is 5.82 Å². The summed E-state index contributed by atoms with van der Waals surface area (Å²) in [6.07, 6.45) is 8.10. The van der Waals surface area contributed by atoms with Crippen LogP contribution < -0.4 is 4.90 Å². The molecule has 0 spiro atoms. The highest BCUT2D eigenvalue weighted by atomic mass is 19.1. The number of anilines is 1. The molecule has 3 rings (SSSR count). The smallest absolute Gasteiger partial charge is 0.166 e. The maximum Gasteiger partial charge on any atom is 0.166 e. The van der Waals surface area contributed by atoms with E-state index in [1.54, 1.807) is 12.2 Å². The van der Waals surface area contributed by atoms with Crippen molar-refractivity contribution in [2.75, 3.05) is 18.0 Å². The molecule has 2 heterocycles. The van der Waals surface area contributed by atoms with E-state index in [0.717, 1.165) is 24.5 Å². The summed E-state index contributed by atoms with van der Waals surface area (Å²) in [5, 5.41) is 9.39. The van der Waals surface area contributed by atoms with E-state index in [9.17, 15) is 14.3 Å². The summed E-state index contributed by atoms with van der Waals surface area (Å²) >= 11 is 0. The maximum atomic E-state index is 13.5. The summed E-state index contributed by atoms with van der Waals surface area (Å²) in [6.45, 7) is 2.14. The van der Waals surface area contributed by atoms with Gasteiger partial charge in [-0.25, -0.2) is 4.39 Å². The molecule has 1 aromatic carbocycles. The number of pyridine rings is 1. The summed E-state index contributed by atoms with van der Waals surface area (Å²) in [6, 6.07) is 6.53. The van der Waals surface area contributed by atoms with Crippen molar-refractivity contribution in [3.8, 4) is 5.75 Å². The Morgan fingerprint density at radius 1 is 1.17 bits per heavy atom. The number of rotatable bonds is 4.